The second-order valence-corrected chi connectivity index (χ2v) is 8.85. The van der Waals surface area contributed by atoms with Crippen LogP contribution in [0.15, 0.2) is 53.0 Å². The van der Waals surface area contributed by atoms with Crippen LogP contribution in [0.5, 0.6) is 5.75 Å². The van der Waals surface area contributed by atoms with Gasteiger partial charge in [0.15, 0.2) is 0 Å². The number of nitrogens with two attached hydrogens (primary N) is 1. The van der Waals surface area contributed by atoms with Crippen molar-refractivity contribution in [1.29, 1.82) is 0 Å². The zero-order valence-electron chi connectivity index (χ0n) is 16.8. The molecule has 0 aromatic heterocycles. The summed E-state index contributed by atoms with van der Waals surface area (Å²) in [6, 6.07) is 9.67. The fourth-order valence-corrected chi connectivity index (χ4v) is 4.73. The molecule has 2 N–H and O–H groups in total. The molecule has 10 heteroatoms. The van der Waals surface area contributed by atoms with Gasteiger partial charge in [-0.3, -0.25) is 0 Å². The van der Waals surface area contributed by atoms with Crippen molar-refractivity contribution in [3.8, 4) is 5.75 Å². The Morgan fingerprint density at radius 2 is 1.80 bits per heavy atom. The Labute approximate surface area is 184 Å². The second kappa shape index (κ2) is 10.0. The molecule has 0 spiro atoms. The van der Waals surface area contributed by atoms with E-state index < -0.39 is 13.5 Å². The average Bonchev–Trinajstić information content (AvgIpc) is 2.70. The van der Waals surface area contributed by atoms with Crippen LogP contribution >= 0.6 is 30.7 Å². The Hall–Kier alpha value is -2.47. The van der Waals surface area contributed by atoms with E-state index in [0.717, 1.165) is 6.08 Å². The Balaban J connectivity index is 2.66. The van der Waals surface area contributed by atoms with Crippen molar-refractivity contribution in [1.82, 2.24) is 0 Å². The lowest BCUT2D eigenvalue weighted by Gasteiger charge is -2.19. The van der Waals surface area contributed by atoms with E-state index in [1.807, 2.05) is 0 Å². The van der Waals surface area contributed by atoms with Crippen molar-refractivity contribution >= 4 is 47.8 Å². The van der Waals surface area contributed by atoms with Crippen molar-refractivity contribution in [2.45, 2.75) is 13.8 Å². The van der Waals surface area contributed by atoms with E-state index in [9.17, 15) is 9.36 Å². The number of aryl methyl sites for hydroxylation is 1. The molecule has 160 valence electrons. The Kier molecular flexibility index (Phi) is 7.96. The topological polar surface area (TPSA) is 100 Å². The molecule has 0 fully saturated rings. The number of carbonyl (C=O) groups is 1. The number of allylic oxidation sites excluding steroid dienone is 1. The van der Waals surface area contributed by atoms with E-state index in [0.29, 0.717) is 16.1 Å². The molecule has 30 heavy (non-hydrogen) atoms. The molecule has 1 atom stereocenters. The number of rotatable bonds is 7. The number of carbonyl (C=O) groups excluding carboxylic acids is 1. The number of hydrogen-bond acceptors (Lipinski definition) is 5. The smallest absolute Gasteiger partial charge is 0.397 e. The van der Waals surface area contributed by atoms with E-state index in [-0.39, 0.29) is 27.7 Å². The summed E-state index contributed by atoms with van der Waals surface area (Å²) in [4.78, 5) is 11.5. The van der Waals surface area contributed by atoms with E-state index in [1.54, 1.807) is 37.3 Å². The van der Waals surface area contributed by atoms with Crippen LogP contribution < -0.4 is 15.8 Å². The maximum atomic E-state index is 13.9. The molecule has 0 amide bonds. The third-order valence-corrected chi connectivity index (χ3v) is 6.68. The summed E-state index contributed by atoms with van der Waals surface area (Å²) in [5.41, 5.74) is 7.30. The lowest BCUT2D eigenvalue weighted by molar-refractivity contribution is -0.135. The van der Waals surface area contributed by atoms with Gasteiger partial charge in [-0.05, 0) is 43.7 Å². The second-order valence-electron chi connectivity index (χ2n) is 6.13. The van der Waals surface area contributed by atoms with Crippen molar-refractivity contribution in [3.05, 3.63) is 69.4 Å². The zero-order valence-corrected chi connectivity index (χ0v) is 19.2. The normalized spacial score (nSPS) is 14.1. The summed E-state index contributed by atoms with van der Waals surface area (Å²) >= 11 is 12.1. The van der Waals surface area contributed by atoms with Crippen LogP contribution in [-0.4, -0.2) is 26.0 Å². The van der Waals surface area contributed by atoms with E-state index in [4.69, 9.17) is 38.2 Å². The molecule has 2 aromatic carbocycles. The molecule has 0 aliphatic heterocycles. The quantitative estimate of drug-likeness (QED) is 0.158. The molecule has 0 saturated heterocycles. The lowest BCUT2D eigenvalue weighted by atomic mass is 10.1. The van der Waals surface area contributed by atoms with Gasteiger partial charge in [0.25, 0.3) is 0 Å². The molecule has 0 saturated carbocycles. The van der Waals surface area contributed by atoms with E-state index in [2.05, 4.69) is 9.50 Å². The summed E-state index contributed by atoms with van der Waals surface area (Å²) in [7, 11) is -1.39. The molecule has 1 unspecified atom stereocenters. The van der Waals surface area contributed by atoms with Crippen molar-refractivity contribution in [3.63, 3.8) is 0 Å². The first-order valence-electron chi connectivity index (χ1n) is 8.62. The summed E-state index contributed by atoms with van der Waals surface area (Å²) < 4.78 is 33.6. The highest BCUT2D eigenvalue weighted by atomic mass is 35.5. The van der Waals surface area contributed by atoms with Gasteiger partial charge in [-0.1, -0.05) is 35.3 Å². The van der Waals surface area contributed by atoms with Crippen molar-refractivity contribution in [2.75, 3.05) is 14.2 Å². The summed E-state index contributed by atoms with van der Waals surface area (Å²) in [6.07, 6.45) is 1.05. The number of nitrogens with zero attached hydrogens (tertiary/aromatic N) is 1. The van der Waals surface area contributed by atoms with Crippen LogP contribution in [0.3, 0.4) is 0 Å². The number of esters is 1. The predicted octanol–water partition coefficient (Wildman–Crippen LogP) is 4.63. The minimum Gasteiger partial charge on any atom is -0.496 e. The molecule has 0 aliphatic carbocycles. The third-order valence-electron chi connectivity index (χ3n) is 3.96. The van der Waals surface area contributed by atoms with Gasteiger partial charge in [0.2, 0.25) is 0 Å². The highest BCUT2D eigenvalue weighted by molar-refractivity contribution is 7.66. The number of halogens is 2. The fraction of sp³-hybridized carbons (Fsp3) is 0.200. The van der Waals surface area contributed by atoms with E-state index >= 15 is 0 Å². The van der Waals surface area contributed by atoms with Gasteiger partial charge in [-0.2, -0.15) is 4.76 Å². The molecule has 0 bridgehead atoms. The number of para-hydroxylation sites is 1. The number of hydrogen-bond donors (Lipinski definition) is 1. The van der Waals surface area contributed by atoms with Gasteiger partial charge >= 0.3 is 13.5 Å². The van der Waals surface area contributed by atoms with Crippen LogP contribution in [0, 0.1) is 6.92 Å². The van der Waals surface area contributed by atoms with Crippen LogP contribution in [0.4, 0.5) is 0 Å². The van der Waals surface area contributed by atoms with Crippen LogP contribution in [0.2, 0.25) is 10.0 Å². The summed E-state index contributed by atoms with van der Waals surface area (Å²) in [5, 5.41) is 0.794. The molecule has 7 nitrogen and oxygen atoms in total. The third kappa shape index (κ3) is 5.57. The number of ether oxygens (including phenoxy) is 2. The first-order valence-corrected chi connectivity index (χ1v) is 11.0. The lowest BCUT2D eigenvalue weighted by Crippen LogP contribution is -2.18. The highest BCUT2D eigenvalue weighted by Gasteiger charge is 2.32. The fourth-order valence-electron chi connectivity index (χ4n) is 2.55. The minimum absolute atomic E-state index is 0.0264. The number of methoxy groups -OCH3 is 2. The SMILES string of the molecule is COC(=O)C=C(C)OP(=O)(N=C(N)c1cc(Cl)c(Cl)cc1C)c1ccccc1OC. The molecule has 2 rings (SSSR count). The van der Waals surface area contributed by atoms with Crippen molar-refractivity contribution in [2.24, 2.45) is 10.5 Å². The Bertz CT molecular complexity index is 1070. The van der Waals surface area contributed by atoms with Gasteiger partial charge in [-0.15, -0.1) is 0 Å². The van der Waals surface area contributed by atoms with Gasteiger partial charge in [0.1, 0.15) is 22.6 Å². The monoisotopic (exact) mass is 470 g/mol. The molecule has 2 aromatic rings. The average molecular weight is 471 g/mol. The highest BCUT2D eigenvalue weighted by Crippen LogP contribution is 2.52. The molecule has 0 heterocycles. The standard InChI is InChI=1S/C20H21Cl2N2O5P/c1-12-9-15(21)16(22)11-14(12)20(23)24-30(26,29-13(2)10-19(25)28-4)18-8-6-5-7-17(18)27-3/h5-11H,1-4H3,(H2,23,24,26). The summed E-state index contributed by atoms with van der Waals surface area (Å²) in [6.45, 7) is 3.21. The molecule has 0 radical (unpaired) electrons. The zero-order chi connectivity index (χ0) is 22.5. The first-order chi connectivity index (χ1) is 14.1. The summed E-state index contributed by atoms with van der Waals surface area (Å²) in [5.74, 6) is -0.435. The van der Waals surface area contributed by atoms with Gasteiger partial charge < -0.3 is 19.7 Å². The Morgan fingerprint density at radius 1 is 1.17 bits per heavy atom. The molecule has 0 aliphatic rings. The minimum atomic E-state index is -4.03. The first kappa shape index (κ1) is 23.8. The largest absolute Gasteiger partial charge is 0.496 e. The Morgan fingerprint density at radius 3 is 2.43 bits per heavy atom. The van der Waals surface area contributed by atoms with Crippen LogP contribution in [-0.2, 0) is 18.6 Å². The van der Waals surface area contributed by atoms with Crippen LogP contribution in [0.1, 0.15) is 18.1 Å². The number of amidine groups is 1. The van der Waals surface area contributed by atoms with Gasteiger partial charge in [-0.25, -0.2) is 9.36 Å². The van der Waals surface area contributed by atoms with E-state index in [1.165, 1.54) is 27.2 Å². The van der Waals surface area contributed by atoms with Gasteiger partial charge in [0.05, 0.1) is 30.3 Å². The van der Waals surface area contributed by atoms with Crippen molar-refractivity contribution < 1.29 is 23.4 Å². The van der Waals surface area contributed by atoms with Gasteiger partial charge in [0, 0.05) is 5.56 Å². The predicted molar refractivity (Wildman–Crippen MR) is 119 cm³/mol. The molecular formula is C20H21Cl2N2O5P. The molecular weight excluding hydrogens is 450 g/mol. The number of benzene rings is 2. The maximum absolute atomic E-state index is 13.9. The van der Waals surface area contributed by atoms with Crippen LogP contribution in [0.25, 0.3) is 0 Å². The maximum Gasteiger partial charge on any atom is 0.397 e.